The first-order valence-corrected chi connectivity index (χ1v) is 9.21. The molecule has 0 unspecified atom stereocenters. The standard InChI is InChI=1S/C18H12I2N2O2/c19-13-8-12(17(23)16(20)9-13)10-21-22-18(24)15-7-3-5-11-4-1-2-6-14(11)15/h1-10,23H,(H,22,24). The quantitative estimate of drug-likeness (QED) is 0.291. The summed E-state index contributed by atoms with van der Waals surface area (Å²) in [5.41, 5.74) is 3.64. The maximum absolute atomic E-state index is 12.4. The minimum Gasteiger partial charge on any atom is -0.506 e. The van der Waals surface area contributed by atoms with Crippen LogP contribution in [0.4, 0.5) is 0 Å². The number of carbonyl (C=O) groups is 1. The Bertz CT molecular complexity index is 950. The minimum atomic E-state index is -0.289. The van der Waals surface area contributed by atoms with Crippen molar-refractivity contribution in [3.8, 4) is 5.75 Å². The third-order valence-corrected chi connectivity index (χ3v) is 4.91. The Morgan fingerprint density at radius 1 is 1.08 bits per heavy atom. The van der Waals surface area contributed by atoms with E-state index >= 15 is 0 Å². The van der Waals surface area contributed by atoms with Gasteiger partial charge in [0.15, 0.2) is 0 Å². The van der Waals surface area contributed by atoms with Gasteiger partial charge in [0.25, 0.3) is 5.91 Å². The molecule has 0 bridgehead atoms. The Kier molecular flexibility index (Phi) is 5.34. The van der Waals surface area contributed by atoms with Gasteiger partial charge in [0.2, 0.25) is 0 Å². The summed E-state index contributed by atoms with van der Waals surface area (Å²) in [6.45, 7) is 0. The highest BCUT2D eigenvalue weighted by Crippen LogP contribution is 2.25. The summed E-state index contributed by atoms with van der Waals surface area (Å²) in [5.74, 6) is -0.137. The van der Waals surface area contributed by atoms with Crippen molar-refractivity contribution in [1.29, 1.82) is 0 Å². The lowest BCUT2D eigenvalue weighted by Crippen LogP contribution is -2.17. The van der Waals surface area contributed by atoms with Crippen LogP contribution < -0.4 is 5.43 Å². The van der Waals surface area contributed by atoms with Gasteiger partial charge in [-0.1, -0.05) is 36.4 Å². The number of nitrogens with zero attached hydrogens (tertiary/aromatic N) is 1. The number of rotatable bonds is 3. The highest BCUT2D eigenvalue weighted by Gasteiger charge is 2.09. The predicted octanol–water partition coefficient (Wildman–Crippen LogP) is 4.52. The molecule has 3 rings (SSSR count). The fourth-order valence-electron chi connectivity index (χ4n) is 2.33. The molecule has 6 heteroatoms. The topological polar surface area (TPSA) is 61.7 Å². The van der Waals surface area contributed by atoms with Crippen LogP contribution >= 0.6 is 45.2 Å². The van der Waals surface area contributed by atoms with E-state index in [0.717, 1.165) is 17.9 Å². The van der Waals surface area contributed by atoms with Crippen molar-refractivity contribution in [1.82, 2.24) is 5.43 Å². The Morgan fingerprint density at radius 3 is 2.67 bits per heavy atom. The molecular formula is C18H12I2N2O2. The second kappa shape index (κ2) is 7.47. The molecule has 0 spiro atoms. The van der Waals surface area contributed by atoms with Crippen molar-refractivity contribution in [2.75, 3.05) is 0 Å². The molecule has 0 aliphatic carbocycles. The molecule has 3 aromatic rings. The van der Waals surface area contributed by atoms with E-state index in [-0.39, 0.29) is 11.7 Å². The molecule has 24 heavy (non-hydrogen) atoms. The number of benzene rings is 3. The summed E-state index contributed by atoms with van der Waals surface area (Å²) in [6.07, 6.45) is 1.45. The van der Waals surface area contributed by atoms with Crippen LogP contribution in [0.5, 0.6) is 5.75 Å². The average molecular weight is 542 g/mol. The number of carbonyl (C=O) groups excluding carboxylic acids is 1. The first-order valence-electron chi connectivity index (χ1n) is 7.05. The number of fused-ring (bicyclic) bond motifs is 1. The predicted molar refractivity (Wildman–Crippen MR) is 113 cm³/mol. The molecule has 0 aliphatic rings. The molecule has 120 valence electrons. The van der Waals surface area contributed by atoms with Crippen LogP contribution in [0.1, 0.15) is 15.9 Å². The first kappa shape index (κ1) is 17.2. The van der Waals surface area contributed by atoms with Crippen molar-refractivity contribution >= 4 is 68.1 Å². The van der Waals surface area contributed by atoms with Gasteiger partial charge in [-0.2, -0.15) is 5.10 Å². The summed E-state index contributed by atoms with van der Waals surface area (Å²) in [6, 6.07) is 16.9. The maximum atomic E-state index is 12.4. The summed E-state index contributed by atoms with van der Waals surface area (Å²) in [5, 5.41) is 15.9. The van der Waals surface area contributed by atoms with Crippen molar-refractivity contribution in [2.45, 2.75) is 0 Å². The molecule has 0 atom stereocenters. The Morgan fingerprint density at radius 2 is 1.83 bits per heavy atom. The fraction of sp³-hybridized carbons (Fsp3) is 0. The Hall–Kier alpha value is -1.68. The molecule has 2 N–H and O–H groups in total. The van der Waals surface area contributed by atoms with E-state index in [1.165, 1.54) is 6.21 Å². The SMILES string of the molecule is O=C(NN=Cc1cc(I)cc(I)c1O)c1cccc2ccccc12. The monoisotopic (exact) mass is 542 g/mol. The number of hydrogen-bond acceptors (Lipinski definition) is 3. The van der Waals surface area contributed by atoms with Gasteiger partial charge in [-0.3, -0.25) is 4.79 Å². The molecular weight excluding hydrogens is 530 g/mol. The number of halogens is 2. The third kappa shape index (κ3) is 3.69. The zero-order valence-electron chi connectivity index (χ0n) is 12.3. The second-order valence-corrected chi connectivity index (χ2v) is 7.46. The first-order chi connectivity index (χ1) is 11.6. The highest BCUT2D eigenvalue weighted by molar-refractivity contribution is 14.1. The molecule has 3 aromatic carbocycles. The Balaban J connectivity index is 1.83. The molecule has 0 saturated heterocycles. The molecule has 4 nitrogen and oxygen atoms in total. The molecule has 0 heterocycles. The van der Waals surface area contributed by atoms with Gasteiger partial charge in [0.1, 0.15) is 5.75 Å². The van der Waals surface area contributed by atoms with Gasteiger partial charge in [-0.25, -0.2) is 5.43 Å². The van der Waals surface area contributed by atoms with Gasteiger partial charge >= 0.3 is 0 Å². The van der Waals surface area contributed by atoms with E-state index in [2.05, 4.69) is 55.7 Å². The number of nitrogens with one attached hydrogen (secondary N) is 1. The number of phenolic OH excluding ortho intramolecular Hbond substituents is 1. The van der Waals surface area contributed by atoms with E-state index in [9.17, 15) is 9.90 Å². The average Bonchev–Trinajstić information content (AvgIpc) is 2.58. The fourth-order valence-corrected chi connectivity index (χ4v) is 4.22. The van der Waals surface area contributed by atoms with Crippen LogP contribution in [0.25, 0.3) is 10.8 Å². The summed E-state index contributed by atoms with van der Waals surface area (Å²) in [7, 11) is 0. The molecule has 1 amide bonds. The van der Waals surface area contributed by atoms with Crippen molar-refractivity contribution < 1.29 is 9.90 Å². The maximum Gasteiger partial charge on any atom is 0.271 e. The number of aromatic hydroxyl groups is 1. The minimum absolute atomic E-state index is 0.152. The highest BCUT2D eigenvalue weighted by atomic mass is 127. The van der Waals surface area contributed by atoms with E-state index in [1.54, 1.807) is 12.1 Å². The van der Waals surface area contributed by atoms with Crippen LogP contribution in [0, 0.1) is 7.14 Å². The normalized spacial score (nSPS) is 11.1. The van der Waals surface area contributed by atoms with Gasteiger partial charge < -0.3 is 5.11 Å². The second-order valence-electron chi connectivity index (χ2n) is 5.05. The number of phenols is 1. The van der Waals surface area contributed by atoms with Gasteiger partial charge in [0, 0.05) is 14.7 Å². The van der Waals surface area contributed by atoms with Gasteiger partial charge in [-0.15, -0.1) is 0 Å². The smallest absolute Gasteiger partial charge is 0.271 e. The lowest BCUT2D eigenvalue weighted by atomic mass is 10.0. The van der Waals surface area contributed by atoms with Gasteiger partial charge in [-0.05, 0) is 74.2 Å². The van der Waals surface area contributed by atoms with Crippen molar-refractivity contribution in [3.05, 3.63) is 72.9 Å². The zero-order chi connectivity index (χ0) is 17.1. The lowest BCUT2D eigenvalue weighted by molar-refractivity contribution is 0.0957. The molecule has 0 aliphatic heterocycles. The van der Waals surface area contributed by atoms with E-state index in [0.29, 0.717) is 11.1 Å². The van der Waals surface area contributed by atoms with E-state index < -0.39 is 0 Å². The third-order valence-electron chi connectivity index (χ3n) is 3.46. The van der Waals surface area contributed by atoms with Crippen LogP contribution in [0.3, 0.4) is 0 Å². The van der Waals surface area contributed by atoms with Crippen LogP contribution in [0.2, 0.25) is 0 Å². The van der Waals surface area contributed by atoms with Gasteiger partial charge in [0.05, 0.1) is 9.78 Å². The van der Waals surface area contributed by atoms with Crippen LogP contribution in [-0.4, -0.2) is 17.2 Å². The largest absolute Gasteiger partial charge is 0.506 e. The summed E-state index contributed by atoms with van der Waals surface area (Å²) in [4.78, 5) is 12.4. The summed E-state index contributed by atoms with van der Waals surface area (Å²) < 4.78 is 1.72. The number of hydrogen-bond donors (Lipinski definition) is 2. The van der Waals surface area contributed by atoms with Crippen molar-refractivity contribution in [3.63, 3.8) is 0 Å². The Labute approximate surface area is 166 Å². The lowest BCUT2D eigenvalue weighted by Gasteiger charge is -2.05. The number of hydrazone groups is 1. The van der Waals surface area contributed by atoms with E-state index in [4.69, 9.17) is 0 Å². The van der Waals surface area contributed by atoms with Crippen molar-refractivity contribution in [2.24, 2.45) is 5.10 Å². The summed E-state index contributed by atoms with van der Waals surface area (Å²) >= 11 is 4.22. The van der Waals surface area contributed by atoms with Crippen LogP contribution in [-0.2, 0) is 0 Å². The van der Waals surface area contributed by atoms with Crippen LogP contribution in [0.15, 0.2) is 59.7 Å². The number of amides is 1. The van der Waals surface area contributed by atoms with E-state index in [1.807, 2.05) is 42.5 Å². The zero-order valence-corrected chi connectivity index (χ0v) is 16.6. The molecule has 0 saturated carbocycles. The molecule has 0 fully saturated rings. The molecule has 0 radical (unpaired) electrons. The molecule has 0 aromatic heterocycles.